The molecule has 7 nitrogen and oxygen atoms in total. The Labute approximate surface area is 152 Å². The summed E-state index contributed by atoms with van der Waals surface area (Å²) < 4.78 is 67.5. The van der Waals surface area contributed by atoms with Gasteiger partial charge in [-0.05, 0) is 29.8 Å². The lowest BCUT2D eigenvalue weighted by molar-refractivity contribution is -0.384. The second kappa shape index (κ2) is 7.43. The summed E-state index contributed by atoms with van der Waals surface area (Å²) in [7, 11) is -2.44. The van der Waals surface area contributed by atoms with Crippen LogP contribution in [-0.2, 0) is 22.6 Å². The highest BCUT2D eigenvalue weighted by Gasteiger charge is 2.33. The van der Waals surface area contributed by atoms with E-state index < -0.39 is 32.2 Å². The van der Waals surface area contributed by atoms with E-state index in [9.17, 15) is 31.7 Å². The summed E-state index contributed by atoms with van der Waals surface area (Å²) in [6.45, 7) is -0.363. The number of ether oxygens (including phenoxy) is 1. The van der Waals surface area contributed by atoms with Crippen LogP contribution in [0, 0.1) is 10.1 Å². The van der Waals surface area contributed by atoms with Gasteiger partial charge in [-0.1, -0.05) is 6.07 Å². The third-order valence-electron chi connectivity index (χ3n) is 3.69. The Bertz CT molecular complexity index is 975. The lowest BCUT2D eigenvalue weighted by atomic mass is 10.1. The van der Waals surface area contributed by atoms with Gasteiger partial charge in [0.05, 0.1) is 22.5 Å². The molecule has 1 N–H and O–H groups in total. The maximum absolute atomic E-state index is 13.2. The molecule has 0 atom stereocenters. The van der Waals surface area contributed by atoms with Crippen LogP contribution in [0.1, 0.15) is 11.1 Å². The van der Waals surface area contributed by atoms with E-state index in [4.69, 9.17) is 4.74 Å². The highest BCUT2D eigenvalue weighted by Crippen LogP contribution is 2.35. The number of anilines is 1. The Morgan fingerprint density at radius 1 is 1.19 bits per heavy atom. The van der Waals surface area contributed by atoms with Crippen LogP contribution in [0.15, 0.2) is 41.3 Å². The number of hydrogen-bond donors (Lipinski definition) is 1. The highest BCUT2D eigenvalue weighted by molar-refractivity contribution is 7.90. The number of rotatable bonds is 6. The van der Waals surface area contributed by atoms with E-state index in [0.717, 1.165) is 30.5 Å². The van der Waals surface area contributed by atoms with Crippen molar-refractivity contribution < 1.29 is 31.2 Å². The van der Waals surface area contributed by atoms with E-state index >= 15 is 0 Å². The van der Waals surface area contributed by atoms with Crippen molar-refractivity contribution in [2.45, 2.75) is 17.6 Å². The SMILES string of the molecule is COc1ccc(CNc2ccc(S(C)(=O)=O)cc2[N+](=O)[O-])c(C(F)(F)F)c1. The Hall–Kier alpha value is -2.82. The topological polar surface area (TPSA) is 98.5 Å². The maximum atomic E-state index is 13.2. The normalized spacial score (nSPS) is 11.9. The molecule has 11 heteroatoms. The third-order valence-corrected chi connectivity index (χ3v) is 4.80. The molecule has 27 heavy (non-hydrogen) atoms. The van der Waals surface area contributed by atoms with Gasteiger partial charge in [-0.15, -0.1) is 0 Å². The minimum atomic E-state index is -4.64. The van der Waals surface area contributed by atoms with E-state index in [1.165, 1.54) is 19.2 Å². The molecule has 0 saturated carbocycles. The second-order valence-electron chi connectivity index (χ2n) is 5.58. The van der Waals surface area contributed by atoms with E-state index in [0.29, 0.717) is 0 Å². The van der Waals surface area contributed by atoms with Crippen LogP contribution in [0.2, 0.25) is 0 Å². The molecule has 0 aliphatic heterocycles. The monoisotopic (exact) mass is 404 g/mol. The zero-order valence-electron chi connectivity index (χ0n) is 14.2. The molecule has 0 aliphatic rings. The molecule has 0 aliphatic carbocycles. The lowest BCUT2D eigenvalue weighted by Crippen LogP contribution is -2.13. The Kier molecular flexibility index (Phi) is 5.64. The summed E-state index contributed by atoms with van der Waals surface area (Å²) in [5.41, 5.74) is -1.74. The van der Waals surface area contributed by atoms with Gasteiger partial charge in [0.1, 0.15) is 11.4 Å². The number of alkyl halides is 3. The van der Waals surface area contributed by atoms with Crippen molar-refractivity contribution in [3.8, 4) is 5.75 Å². The third kappa shape index (κ3) is 4.88. The molecule has 0 fully saturated rings. The lowest BCUT2D eigenvalue weighted by Gasteiger charge is -2.15. The number of nitro benzene ring substituents is 1. The summed E-state index contributed by atoms with van der Waals surface area (Å²) in [5, 5.41) is 13.8. The van der Waals surface area contributed by atoms with E-state index in [1.54, 1.807) is 0 Å². The van der Waals surface area contributed by atoms with Gasteiger partial charge in [0.2, 0.25) is 0 Å². The number of halogens is 3. The van der Waals surface area contributed by atoms with E-state index in [2.05, 4.69) is 5.32 Å². The predicted octanol–water partition coefficient (Wildman–Crippen LogP) is 3.64. The average molecular weight is 404 g/mol. The van der Waals surface area contributed by atoms with Crippen LogP contribution in [0.25, 0.3) is 0 Å². The van der Waals surface area contributed by atoms with Crippen LogP contribution in [0.4, 0.5) is 24.5 Å². The minimum Gasteiger partial charge on any atom is -0.497 e. The van der Waals surface area contributed by atoms with Crippen molar-refractivity contribution in [1.29, 1.82) is 0 Å². The number of hydrogen-bond acceptors (Lipinski definition) is 6. The molecule has 0 saturated heterocycles. The first-order valence-electron chi connectivity index (χ1n) is 7.40. The minimum absolute atomic E-state index is 0.0227. The van der Waals surface area contributed by atoms with Crippen LogP contribution < -0.4 is 10.1 Å². The van der Waals surface area contributed by atoms with E-state index in [-0.39, 0.29) is 28.4 Å². The van der Waals surface area contributed by atoms with Gasteiger partial charge in [0.15, 0.2) is 9.84 Å². The molecule has 0 aromatic heterocycles. The first kappa shape index (κ1) is 20.5. The van der Waals surface area contributed by atoms with Crippen molar-refractivity contribution in [2.75, 3.05) is 18.7 Å². The predicted molar refractivity (Wildman–Crippen MR) is 91.5 cm³/mol. The Balaban J connectivity index is 2.38. The second-order valence-corrected chi connectivity index (χ2v) is 7.60. The van der Waals surface area contributed by atoms with Gasteiger partial charge in [0.25, 0.3) is 5.69 Å². The fourth-order valence-electron chi connectivity index (χ4n) is 2.33. The molecule has 2 rings (SSSR count). The molecule has 2 aromatic carbocycles. The summed E-state index contributed by atoms with van der Waals surface area (Å²) >= 11 is 0. The summed E-state index contributed by atoms with van der Waals surface area (Å²) in [6.07, 6.45) is -3.75. The number of nitrogens with one attached hydrogen (secondary N) is 1. The van der Waals surface area contributed by atoms with Gasteiger partial charge in [0, 0.05) is 18.9 Å². The average Bonchev–Trinajstić information content (AvgIpc) is 2.57. The number of nitrogens with zero attached hydrogens (tertiary/aromatic N) is 1. The standard InChI is InChI=1S/C16H15F3N2O5S/c1-26-11-4-3-10(13(7-11)16(17,18)19)9-20-14-6-5-12(27(2,24)25)8-15(14)21(22)23/h3-8,20H,9H2,1-2H3. The van der Waals surface area contributed by atoms with Crippen molar-refractivity contribution in [2.24, 2.45) is 0 Å². The largest absolute Gasteiger partial charge is 0.497 e. The van der Waals surface area contributed by atoms with Gasteiger partial charge in [-0.2, -0.15) is 13.2 Å². The van der Waals surface area contributed by atoms with E-state index in [1.807, 2.05) is 0 Å². The summed E-state index contributed by atoms with van der Waals surface area (Å²) in [5.74, 6) is 0.0227. The molecular weight excluding hydrogens is 389 g/mol. The zero-order valence-corrected chi connectivity index (χ0v) is 15.0. The smallest absolute Gasteiger partial charge is 0.416 e. The Morgan fingerprint density at radius 3 is 2.37 bits per heavy atom. The first-order chi connectivity index (χ1) is 12.4. The number of benzene rings is 2. The van der Waals surface area contributed by atoms with Crippen molar-refractivity contribution in [3.63, 3.8) is 0 Å². The quantitative estimate of drug-likeness (QED) is 0.583. The van der Waals surface area contributed by atoms with Crippen molar-refractivity contribution in [3.05, 3.63) is 57.6 Å². The zero-order chi connectivity index (χ0) is 20.4. The molecule has 0 heterocycles. The Morgan fingerprint density at radius 2 is 1.85 bits per heavy atom. The summed E-state index contributed by atoms with van der Waals surface area (Å²) in [6, 6.07) is 6.52. The maximum Gasteiger partial charge on any atom is 0.416 e. The van der Waals surface area contributed by atoms with Crippen molar-refractivity contribution >= 4 is 21.2 Å². The van der Waals surface area contributed by atoms with Gasteiger partial charge < -0.3 is 10.1 Å². The van der Waals surface area contributed by atoms with Gasteiger partial charge in [-0.3, -0.25) is 10.1 Å². The fourth-order valence-corrected chi connectivity index (χ4v) is 2.97. The molecular formula is C16H15F3N2O5S. The molecule has 2 aromatic rings. The molecule has 146 valence electrons. The molecule has 0 bridgehead atoms. The van der Waals surface area contributed by atoms with Crippen LogP contribution in [0.3, 0.4) is 0 Å². The number of sulfone groups is 1. The van der Waals surface area contributed by atoms with Crippen LogP contribution in [0.5, 0.6) is 5.75 Å². The molecule has 0 unspecified atom stereocenters. The van der Waals surface area contributed by atoms with Gasteiger partial charge in [-0.25, -0.2) is 8.42 Å². The fraction of sp³-hybridized carbons (Fsp3) is 0.250. The molecule has 0 amide bonds. The van der Waals surface area contributed by atoms with Crippen molar-refractivity contribution in [1.82, 2.24) is 0 Å². The number of nitro groups is 1. The first-order valence-corrected chi connectivity index (χ1v) is 9.29. The molecule has 0 radical (unpaired) electrons. The van der Waals surface area contributed by atoms with Gasteiger partial charge >= 0.3 is 6.18 Å². The number of methoxy groups -OCH3 is 1. The highest BCUT2D eigenvalue weighted by atomic mass is 32.2. The summed E-state index contributed by atoms with van der Waals surface area (Å²) in [4.78, 5) is 10.1. The molecule has 0 spiro atoms. The van der Waals surface area contributed by atoms with Crippen LogP contribution >= 0.6 is 0 Å². The van der Waals surface area contributed by atoms with Crippen LogP contribution in [-0.4, -0.2) is 26.7 Å².